The van der Waals surface area contributed by atoms with Gasteiger partial charge in [0, 0.05) is 25.2 Å². The summed E-state index contributed by atoms with van der Waals surface area (Å²) in [6.45, 7) is 4.10. The normalized spacial score (nSPS) is 19.7. The van der Waals surface area contributed by atoms with Gasteiger partial charge in [0.05, 0.1) is 30.4 Å². The minimum atomic E-state index is -3.50. The molecule has 1 unspecified atom stereocenters. The molecule has 7 nitrogen and oxygen atoms in total. The van der Waals surface area contributed by atoms with Crippen molar-refractivity contribution in [2.24, 2.45) is 0 Å². The van der Waals surface area contributed by atoms with E-state index >= 15 is 0 Å². The molecular weight excluding hydrogens is 416 g/mol. The molecule has 0 aromatic heterocycles. The van der Waals surface area contributed by atoms with Crippen molar-refractivity contribution >= 4 is 15.7 Å². The Kier molecular flexibility index (Phi) is 8.00. The summed E-state index contributed by atoms with van der Waals surface area (Å²) in [5.74, 6) is 0.0582. The Balaban J connectivity index is 1.74. The van der Waals surface area contributed by atoms with Gasteiger partial charge in [-0.2, -0.15) is 0 Å². The van der Waals surface area contributed by atoms with Crippen LogP contribution in [0.3, 0.4) is 0 Å². The van der Waals surface area contributed by atoms with Crippen LogP contribution in [0.15, 0.2) is 28.7 Å². The van der Waals surface area contributed by atoms with E-state index in [1.54, 1.807) is 6.92 Å². The van der Waals surface area contributed by atoms with Gasteiger partial charge in [-0.25, -0.2) is 8.42 Å². The predicted molar refractivity (Wildman–Crippen MR) is 121 cm³/mol. The van der Waals surface area contributed by atoms with Crippen molar-refractivity contribution in [1.82, 2.24) is 10.2 Å². The molecule has 0 bridgehead atoms. The molecule has 1 aromatic rings. The van der Waals surface area contributed by atoms with Gasteiger partial charge in [-0.1, -0.05) is 18.6 Å². The minimum Gasteiger partial charge on any atom is -0.493 e. The number of ether oxygens (including phenoxy) is 2. The number of allylic oxidation sites excluding steroid dienone is 1. The number of methoxy groups -OCH3 is 2. The Hall–Kier alpha value is -2.06. The van der Waals surface area contributed by atoms with Crippen LogP contribution in [-0.2, 0) is 9.84 Å². The molecule has 0 spiro atoms. The smallest absolute Gasteiger partial charge is 0.255 e. The highest BCUT2D eigenvalue weighted by Crippen LogP contribution is 2.34. The van der Waals surface area contributed by atoms with Crippen molar-refractivity contribution < 1.29 is 22.7 Å². The van der Waals surface area contributed by atoms with Crippen LogP contribution in [-0.4, -0.2) is 64.9 Å². The first-order valence-electron chi connectivity index (χ1n) is 11.1. The van der Waals surface area contributed by atoms with Crippen LogP contribution in [0, 0.1) is 0 Å². The number of nitrogens with one attached hydrogen (secondary N) is 1. The Morgan fingerprint density at radius 2 is 2.00 bits per heavy atom. The monoisotopic (exact) mass is 450 g/mol. The minimum absolute atomic E-state index is 0.0591. The largest absolute Gasteiger partial charge is 0.493 e. The molecule has 1 heterocycles. The fraction of sp³-hybridized carbons (Fsp3) is 0.609. The quantitative estimate of drug-likeness (QED) is 0.582. The first kappa shape index (κ1) is 23.6. The molecule has 8 heteroatoms. The third-order valence-electron chi connectivity index (χ3n) is 6.22. The van der Waals surface area contributed by atoms with E-state index in [-0.39, 0.29) is 39.7 Å². The lowest BCUT2D eigenvalue weighted by Gasteiger charge is -2.27. The van der Waals surface area contributed by atoms with Crippen molar-refractivity contribution in [3.8, 4) is 11.5 Å². The maximum absolute atomic E-state index is 13.0. The van der Waals surface area contributed by atoms with Crippen molar-refractivity contribution in [1.29, 1.82) is 0 Å². The summed E-state index contributed by atoms with van der Waals surface area (Å²) in [5, 5.41) is 3.00. The lowest BCUT2D eigenvalue weighted by Crippen LogP contribution is -2.41. The highest BCUT2D eigenvalue weighted by atomic mass is 32.2. The number of amides is 1. The lowest BCUT2D eigenvalue weighted by atomic mass is 9.99. The first-order chi connectivity index (χ1) is 14.9. The van der Waals surface area contributed by atoms with Crippen LogP contribution >= 0.6 is 0 Å². The van der Waals surface area contributed by atoms with Crippen LogP contribution in [0.2, 0.25) is 0 Å². The molecule has 31 heavy (non-hydrogen) atoms. The van der Waals surface area contributed by atoms with Gasteiger partial charge in [-0.05, 0) is 51.1 Å². The molecule has 3 rings (SSSR count). The number of likely N-dealkylation sites (tertiary alicyclic amines) is 1. The molecule has 1 saturated heterocycles. The van der Waals surface area contributed by atoms with E-state index in [4.69, 9.17) is 9.47 Å². The molecule has 1 aromatic carbocycles. The summed E-state index contributed by atoms with van der Waals surface area (Å²) in [7, 11) is -0.625. The number of hydrogen-bond donors (Lipinski definition) is 1. The highest BCUT2D eigenvalue weighted by Gasteiger charge is 2.27. The molecule has 1 amide bonds. The zero-order valence-electron chi connectivity index (χ0n) is 18.8. The number of sulfone groups is 1. The Bertz CT molecular complexity index is 926. The Labute approximate surface area is 185 Å². The van der Waals surface area contributed by atoms with Gasteiger partial charge in [0.25, 0.3) is 5.91 Å². The number of hydrogen-bond acceptors (Lipinski definition) is 6. The average molecular weight is 451 g/mol. The van der Waals surface area contributed by atoms with Gasteiger partial charge in [-0.15, -0.1) is 0 Å². The van der Waals surface area contributed by atoms with Crippen LogP contribution in [0.1, 0.15) is 55.8 Å². The van der Waals surface area contributed by atoms with Crippen LogP contribution < -0.4 is 14.8 Å². The maximum Gasteiger partial charge on any atom is 0.255 e. The summed E-state index contributed by atoms with van der Waals surface area (Å²) in [5.41, 5.74) is 1.68. The second kappa shape index (κ2) is 10.5. The number of carbonyl (C=O) groups excluding carboxylic acids is 1. The molecule has 1 atom stereocenters. The predicted octanol–water partition coefficient (Wildman–Crippen LogP) is 3.19. The maximum atomic E-state index is 13.0. The highest BCUT2D eigenvalue weighted by molar-refractivity contribution is 7.91. The second-order valence-corrected chi connectivity index (χ2v) is 10.5. The number of carbonyl (C=O) groups is 1. The summed E-state index contributed by atoms with van der Waals surface area (Å²) < 4.78 is 35.5. The average Bonchev–Trinajstić information content (AvgIpc) is 3.23. The van der Waals surface area contributed by atoms with E-state index < -0.39 is 9.84 Å². The molecule has 1 aliphatic heterocycles. The second-order valence-electron chi connectivity index (χ2n) is 8.19. The Morgan fingerprint density at radius 1 is 1.19 bits per heavy atom. The van der Waals surface area contributed by atoms with E-state index in [9.17, 15) is 13.2 Å². The summed E-state index contributed by atoms with van der Waals surface area (Å²) in [6.07, 6.45) is 9.41. The molecule has 1 fully saturated rings. The molecular formula is C23H34N2O5S. The van der Waals surface area contributed by atoms with Crippen molar-refractivity contribution in [3.63, 3.8) is 0 Å². The molecule has 1 aliphatic carbocycles. The van der Waals surface area contributed by atoms with E-state index in [0.717, 1.165) is 25.9 Å². The van der Waals surface area contributed by atoms with Crippen molar-refractivity contribution in [2.75, 3.05) is 39.6 Å². The lowest BCUT2D eigenvalue weighted by molar-refractivity contribution is 0.0938. The van der Waals surface area contributed by atoms with Crippen LogP contribution in [0.5, 0.6) is 11.5 Å². The zero-order valence-corrected chi connectivity index (χ0v) is 19.6. The fourth-order valence-electron chi connectivity index (χ4n) is 4.40. The fourth-order valence-corrected chi connectivity index (χ4v) is 5.32. The molecule has 172 valence electrons. The SMILES string of the molecule is CCS(=O)(=O)c1cc(OC)c(OC)c(C(=O)NCC2CCCN2CC2=CCCCC2)c1. The summed E-state index contributed by atoms with van der Waals surface area (Å²) in [4.78, 5) is 15.6. The summed E-state index contributed by atoms with van der Waals surface area (Å²) >= 11 is 0. The first-order valence-corrected chi connectivity index (χ1v) is 12.7. The van der Waals surface area contributed by atoms with Gasteiger partial charge in [0.15, 0.2) is 21.3 Å². The van der Waals surface area contributed by atoms with Crippen molar-refractivity contribution in [2.45, 2.75) is 56.4 Å². The van der Waals surface area contributed by atoms with Crippen molar-refractivity contribution in [3.05, 3.63) is 29.3 Å². The topological polar surface area (TPSA) is 84.9 Å². The molecule has 1 N–H and O–H groups in total. The molecule has 0 saturated carbocycles. The molecule has 0 radical (unpaired) electrons. The third kappa shape index (κ3) is 5.60. The van der Waals surface area contributed by atoms with Gasteiger partial charge < -0.3 is 14.8 Å². The summed E-state index contributed by atoms with van der Waals surface area (Å²) in [6, 6.07) is 3.07. The Morgan fingerprint density at radius 3 is 2.65 bits per heavy atom. The zero-order chi connectivity index (χ0) is 22.4. The van der Waals surface area contributed by atoms with Crippen LogP contribution in [0.25, 0.3) is 0 Å². The van der Waals surface area contributed by atoms with Gasteiger partial charge in [0.2, 0.25) is 0 Å². The number of nitrogens with zero attached hydrogens (tertiary/aromatic N) is 1. The number of rotatable bonds is 9. The van der Waals surface area contributed by atoms with E-state index in [1.807, 2.05) is 0 Å². The van der Waals surface area contributed by atoms with Gasteiger partial charge in [0.1, 0.15) is 0 Å². The molecule has 2 aliphatic rings. The van der Waals surface area contributed by atoms with Gasteiger partial charge in [-0.3, -0.25) is 9.69 Å². The third-order valence-corrected chi connectivity index (χ3v) is 7.94. The van der Waals surface area contributed by atoms with E-state index in [1.165, 1.54) is 57.6 Å². The number of benzene rings is 1. The van der Waals surface area contributed by atoms with Gasteiger partial charge >= 0.3 is 0 Å². The van der Waals surface area contributed by atoms with E-state index in [0.29, 0.717) is 6.54 Å². The van der Waals surface area contributed by atoms with Crippen LogP contribution in [0.4, 0.5) is 0 Å². The standard InChI is InChI=1S/C23H34N2O5S/c1-4-31(27,28)19-13-20(22(30-3)21(14-19)29-2)23(26)24-15-18-11-8-12-25(18)16-17-9-6-5-7-10-17/h9,13-14,18H,4-8,10-12,15-16H2,1-3H3,(H,24,26). The van der Waals surface area contributed by atoms with E-state index in [2.05, 4.69) is 16.3 Å².